The summed E-state index contributed by atoms with van der Waals surface area (Å²) in [6.07, 6.45) is 0.415. The molecule has 2 heterocycles. The van der Waals surface area contributed by atoms with Gasteiger partial charge in [0.2, 0.25) is 5.91 Å². The van der Waals surface area contributed by atoms with E-state index in [2.05, 4.69) is 75.8 Å². The zero-order chi connectivity index (χ0) is 21.9. The van der Waals surface area contributed by atoms with Crippen molar-refractivity contribution in [2.24, 2.45) is 0 Å². The Balaban J connectivity index is 1.27. The highest BCUT2D eigenvalue weighted by molar-refractivity contribution is 7.99. The topological polar surface area (TPSA) is 44.8 Å². The number of carbonyl (C=O) groups is 1. The first kappa shape index (κ1) is 20.9. The molecule has 3 aromatic carbocycles. The van der Waals surface area contributed by atoms with Gasteiger partial charge in [0.15, 0.2) is 0 Å². The number of para-hydroxylation sites is 2. The Morgan fingerprint density at radius 1 is 0.969 bits per heavy atom. The molecule has 0 radical (unpaired) electrons. The molecule has 1 N–H and O–H groups in total. The molecule has 5 nitrogen and oxygen atoms in total. The van der Waals surface area contributed by atoms with Crippen molar-refractivity contribution in [1.29, 1.82) is 0 Å². The van der Waals surface area contributed by atoms with Crippen molar-refractivity contribution < 1.29 is 9.53 Å². The van der Waals surface area contributed by atoms with Gasteiger partial charge in [-0.25, -0.2) is 0 Å². The molecule has 2 aliphatic heterocycles. The molecule has 0 aromatic heterocycles. The number of hydrogen-bond acceptors (Lipinski definition) is 5. The Bertz CT molecular complexity index is 1080. The summed E-state index contributed by atoms with van der Waals surface area (Å²) in [5.74, 6) is 0.0282. The molecule has 2 aliphatic rings. The quantitative estimate of drug-likeness (QED) is 0.565. The van der Waals surface area contributed by atoms with Gasteiger partial charge in [0.1, 0.15) is 0 Å². The summed E-state index contributed by atoms with van der Waals surface area (Å²) in [6.45, 7) is 6.02. The van der Waals surface area contributed by atoms with Gasteiger partial charge in [0, 0.05) is 47.2 Å². The van der Waals surface area contributed by atoms with E-state index in [1.165, 1.54) is 15.5 Å². The summed E-state index contributed by atoms with van der Waals surface area (Å²) in [5.41, 5.74) is 5.46. The van der Waals surface area contributed by atoms with E-state index in [9.17, 15) is 4.79 Å². The fourth-order valence-corrected chi connectivity index (χ4v) is 5.35. The summed E-state index contributed by atoms with van der Waals surface area (Å²) in [5, 5.41) is 3.11. The van der Waals surface area contributed by atoms with Gasteiger partial charge in [-0.1, -0.05) is 36.0 Å². The summed E-state index contributed by atoms with van der Waals surface area (Å²) in [4.78, 5) is 19.9. The molecule has 1 amide bonds. The van der Waals surface area contributed by atoms with E-state index in [4.69, 9.17) is 4.74 Å². The molecule has 0 unspecified atom stereocenters. The Hall–Kier alpha value is -2.96. The Morgan fingerprint density at radius 3 is 2.28 bits per heavy atom. The number of amides is 1. The Labute approximate surface area is 193 Å². The first-order valence-corrected chi connectivity index (χ1v) is 11.9. The van der Waals surface area contributed by atoms with E-state index in [-0.39, 0.29) is 5.91 Å². The molecule has 0 atom stereocenters. The van der Waals surface area contributed by atoms with Gasteiger partial charge in [0.25, 0.3) is 0 Å². The number of morpholine rings is 1. The third-order valence-corrected chi connectivity index (χ3v) is 7.09. The number of aryl methyl sites for hydroxylation is 1. The first-order valence-electron chi connectivity index (χ1n) is 11.1. The lowest BCUT2D eigenvalue weighted by Gasteiger charge is -2.32. The van der Waals surface area contributed by atoms with Crippen LogP contribution in [-0.2, 0) is 9.53 Å². The lowest BCUT2D eigenvalue weighted by molar-refractivity contribution is -0.116. The minimum Gasteiger partial charge on any atom is -0.378 e. The fourth-order valence-electron chi connectivity index (χ4n) is 4.25. The lowest BCUT2D eigenvalue weighted by Crippen LogP contribution is -2.36. The predicted molar refractivity (Wildman–Crippen MR) is 131 cm³/mol. The molecule has 3 aromatic rings. The second kappa shape index (κ2) is 9.27. The Morgan fingerprint density at radius 2 is 1.62 bits per heavy atom. The van der Waals surface area contributed by atoms with E-state index in [0.29, 0.717) is 13.0 Å². The van der Waals surface area contributed by atoms with Gasteiger partial charge >= 0.3 is 0 Å². The molecule has 6 heteroatoms. The number of nitrogens with zero attached hydrogens (tertiary/aromatic N) is 2. The third-order valence-electron chi connectivity index (χ3n) is 5.95. The zero-order valence-corrected chi connectivity index (χ0v) is 19.0. The van der Waals surface area contributed by atoms with Gasteiger partial charge in [-0.05, 0) is 55.0 Å². The second-order valence-corrected chi connectivity index (χ2v) is 9.17. The fraction of sp³-hybridized carbons (Fsp3) is 0.269. The number of carbonyl (C=O) groups excluding carboxylic acids is 1. The molecule has 0 aliphatic carbocycles. The average molecular weight is 446 g/mol. The Kier molecular flexibility index (Phi) is 6.06. The molecule has 164 valence electrons. The van der Waals surface area contributed by atoms with Crippen LogP contribution in [0.5, 0.6) is 0 Å². The van der Waals surface area contributed by atoms with Crippen molar-refractivity contribution in [3.05, 3.63) is 72.3 Å². The molecular weight excluding hydrogens is 418 g/mol. The van der Waals surface area contributed by atoms with Crippen molar-refractivity contribution in [1.82, 2.24) is 0 Å². The molecule has 32 heavy (non-hydrogen) atoms. The summed E-state index contributed by atoms with van der Waals surface area (Å²) < 4.78 is 5.44. The van der Waals surface area contributed by atoms with E-state index < -0.39 is 0 Å². The summed E-state index contributed by atoms with van der Waals surface area (Å²) in [6, 6.07) is 23.0. The normalized spacial score (nSPS) is 15.2. The van der Waals surface area contributed by atoms with Crippen LogP contribution in [0.3, 0.4) is 0 Å². The molecule has 0 bridgehead atoms. The monoisotopic (exact) mass is 445 g/mol. The maximum Gasteiger partial charge on any atom is 0.226 e. The zero-order valence-electron chi connectivity index (χ0n) is 18.2. The average Bonchev–Trinajstić information content (AvgIpc) is 2.83. The van der Waals surface area contributed by atoms with Crippen molar-refractivity contribution in [3.63, 3.8) is 0 Å². The van der Waals surface area contributed by atoms with Crippen LogP contribution in [0.25, 0.3) is 0 Å². The maximum absolute atomic E-state index is 12.8. The third kappa shape index (κ3) is 4.33. The van der Waals surface area contributed by atoms with E-state index in [0.717, 1.165) is 48.9 Å². The van der Waals surface area contributed by atoms with E-state index in [1.807, 2.05) is 13.0 Å². The summed E-state index contributed by atoms with van der Waals surface area (Å²) >= 11 is 1.78. The number of anilines is 4. The van der Waals surface area contributed by atoms with Crippen LogP contribution >= 0.6 is 11.8 Å². The highest BCUT2D eigenvalue weighted by Crippen LogP contribution is 2.47. The maximum atomic E-state index is 12.8. The predicted octanol–water partition coefficient (Wildman–Crippen LogP) is 5.46. The highest BCUT2D eigenvalue weighted by atomic mass is 32.2. The van der Waals surface area contributed by atoms with Crippen LogP contribution in [0.1, 0.15) is 12.0 Å². The van der Waals surface area contributed by atoms with Crippen molar-refractivity contribution in [2.75, 3.05) is 48.0 Å². The largest absolute Gasteiger partial charge is 0.378 e. The smallest absolute Gasteiger partial charge is 0.226 e. The standard InChI is InChI=1S/C26H27N3O2S/c1-19-18-20(28-14-16-31-17-15-28)10-11-21(19)27-26(30)12-13-29-22-6-2-4-8-24(22)32-25-9-5-3-7-23(25)29/h2-11,18H,12-17H2,1H3,(H,27,30). The van der Waals surface area contributed by atoms with Crippen LogP contribution < -0.4 is 15.1 Å². The minimum absolute atomic E-state index is 0.0282. The molecular formula is C26H27N3O2S. The second-order valence-electron chi connectivity index (χ2n) is 8.09. The van der Waals surface area contributed by atoms with Gasteiger partial charge in [0.05, 0.1) is 24.6 Å². The number of hydrogen-bond donors (Lipinski definition) is 1. The van der Waals surface area contributed by atoms with E-state index >= 15 is 0 Å². The van der Waals surface area contributed by atoms with Crippen molar-refractivity contribution in [3.8, 4) is 0 Å². The first-order chi connectivity index (χ1) is 15.7. The number of ether oxygens (including phenoxy) is 1. The lowest BCUT2D eigenvalue weighted by atomic mass is 10.1. The van der Waals surface area contributed by atoms with E-state index in [1.54, 1.807) is 11.8 Å². The van der Waals surface area contributed by atoms with Gasteiger partial charge in [-0.3, -0.25) is 4.79 Å². The number of rotatable bonds is 5. The van der Waals surface area contributed by atoms with Crippen LogP contribution in [0.4, 0.5) is 22.7 Å². The van der Waals surface area contributed by atoms with Crippen LogP contribution in [-0.4, -0.2) is 38.8 Å². The molecule has 1 saturated heterocycles. The SMILES string of the molecule is Cc1cc(N2CCOCC2)ccc1NC(=O)CCN1c2ccccc2Sc2ccccc21. The van der Waals surface area contributed by atoms with Gasteiger partial charge in [-0.2, -0.15) is 0 Å². The van der Waals surface area contributed by atoms with Gasteiger partial charge in [-0.15, -0.1) is 0 Å². The molecule has 0 spiro atoms. The molecule has 0 saturated carbocycles. The van der Waals surface area contributed by atoms with Crippen molar-refractivity contribution >= 4 is 40.4 Å². The number of nitrogens with one attached hydrogen (secondary N) is 1. The summed E-state index contributed by atoms with van der Waals surface area (Å²) in [7, 11) is 0. The minimum atomic E-state index is 0.0282. The van der Waals surface area contributed by atoms with Crippen LogP contribution in [0.15, 0.2) is 76.5 Å². The van der Waals surface area contributed by atoms with Gasteiger partial charge < -0.3 is 19.9 Å². The number of fused-ring (bicyclic) bond motifs is 2. The molecule has 5 rings (SSSR count). The molecule has 1 fully saturated rings. The number of benzene rings is 3. The van der Waals surface area contributed by atoms with Crippen LogP contribution in [0.2, 0.25) is 0 Å². The van der Waals surface area contributed by atoms with Crippen LogP contribution in [0, 0.1) is 6.92 Å². The van der Waals surface area contributed by atoms with Crippen molar-refractivity contribution in [2.45, 2.75) is 23.1 Å². The highest BCUT2D eigenvalue weighted by Gasteiger charge is 2.23.